The molecule has 0 spiro atoms. The molecule has 1 aliphatic rings. The van der Waals surface area contributed by atoms with Gasteiger partial charge in [-0.2, -0.15) is 5.10 Å². The van der Waals surface area contributed by atoms with Crippen molar-refractivity contribution in [2.45, 2.75) is 19.3 Å². The molecule has 0 radical (unpaired) electrons. The minimum Gasteiger partial charge on any atom is -0.371 e. The maximum atomic E-state index is 4.34. The van der Waals surface area contributed by atoms with Crippen LogP contribution in [-0.2, 0) is 7.05 Å². The Kier molecular flexibility index (Phi) is 2.31. The largest absolute Gasteiger partial charge is 0.371 e. The van der Waals surface area contributed by atoms with Gasteiger partial charge in [-0.15, -0.1) is 0 Å². The van der Waals surface area contributed by atoms with Gasteiger partial charge in [0.1, 0.15) is 0 Å². The monoisotopic (exact) mass is 215 g/mol. The van der Waals surface area contributed by atoms with Crippen LogP contribution in [0.5, 0.6) is 0 Å². The van der Waals surface area contributed by atoms with Gasteiger partial charge < -0.3 is 4.90 Å². The second kappa shape index (κ2) is 3.81. The molecule has 0 atom stereocenters. The SMILES string of the molecule is Cn1ncc2c(N3CCCCC3)cccc21. The van der Waals surface area contributed by atoms with Crippen LogP contribution in [0.2, 0.25) is 0 Å². The van der Waals surface area contributed by atoms with Crippen LogP contribution in [0.1, 0.15) is 19.3 Å². The number of hydrogen-bond acceptors (Lipinski definition) is 2. The third-order valence-electron chi connectivity index (χ3n) is 3.47. The number of hydrogen-bond donors (Lipinski definition) is 0. The van der Waals surface area contributed by atoms with Gasteiger partial charge in [0.15, 0.2) is 0 Å². The minimum absolute atomic E-state index is 1.19. The van der Waals surface area contributed by atoms with Gasteiger partial charge in [0.2, 0.25) is 0 Å². The van der Waals surface area contributed by atoms with E-state index in [0.717, 1.165) is 0 Å². The summed E-state index contributed by atoms with van der Waals surface area (Å²) in [6.45, 7) is 2.38. The molecule has 84 valence electrons. The van der Waals surface area contributed by atoms with Crippen LogP contribution in [0, 0.1) is 0 Å². The smallest absolute Gasteiger partial charge is 0.0700 e. The van der Waals surface area contributed by atoms with E-state index in [2.05, 4.69) is 28.2 Å². The zero-order chi connectivity index (χ0) is 11.0. The number of piperidine rings is 1. The second-order valence-corrected chi connectivity index (χ2v) is 4.53. The van der Waals surface area contributed by atoms with E-state index >= 15 is 0 Å². The molecular formula is C13H17N3. The molecule has 2 aromatic rings. The Morgan fingerprint density at radius 2 is 1.94 bits per heavy atom. The van der Waals surface area contributed by atoms with E-state index in [4.69, 9.17) is 0 Å². The second-order valence-electron chi connectivity index (χ2n) is 4.53. The predicted octanol–water partition coefficient (Wildman–Crippen LogP) is 2.56. The van der Waals surface area contributed by atoms with Crippen molar-refractivity contribution in [2.75, 3.05) is 18.0 Å². The summed E-state index contributed by atoms with van der Waals surface area (Å²) >= 11 is 0. The van der Waals surface area contributed by atoms with E-state index in [1.807, 2.05) is 17.9 Å². The first-order valence-electron chi connectivity index (χ1n) is 6.02. The van der Waals surface area contributed by atoms with Gasteiger partial charge in [0, 0.05) is 31.2 Å². The van der Waals surface area contributed by atoms with Gasteiger partial charge in [0.25, 0.3) is 0 Å². The lowest BCUT2D eigenvalue weighted by molar-refractivity contribution is 0.579. The number of aromatic nitrogens is 2. The van der Waals surface area contributed by atoms with Gasteiger partial charge in [-0.3, -0.25) is 4.68 Å². The molecule has 0 bridgehead atoms. The Bertz CT molecular complexity index is 495. The Morgan fingerprint density at radius 1 is 1.12 bits per heavy atom. The molecule has 3 nitrogen and oxygen atoms in total. The average molecular weight is 215 g/mol. The van der Waals surface area contributed by atoms with Crippen LogP contribution in [0.4, 0.5) is 5.69 Å². The van der Waals surface area contributed by atoms with Crippen molar-refractivity contribution < 1.29 is 0 Å². The summed E-state index contributed by atoms with van der Waals surface area (Å²) < 4.78 is 1.95. The molecule has 16 heavy (non-hydrogen) atoms. The van der Waals surface area contributed by atoms with Crippen molar-refractivity contribution in [3.8, 4) is 0 Å². The number of nitrogens with zero attached hydrogens (tertiary/aromatic N) is 3. The fraction of sp³-hybridized carbons (Fsp3) is 0.462. The van der Waals surface area contributed by atoms with E-state index in [9.17, 15) is 0 Å². The summed E-state index contributed by atoms with van der Waals surface area (Å²) in [5.41, 5.74) is 2.58. The maximum absolute atomic E-state index is 4.34. The van der Waals surface area contributed by atoms with E-state index < -0.39 is 0 Å². The van der Waals surface area contributed by atoms with Crippen molar-refractivity contribution in [2.24, 2.45) is 7.05 Å². The molecule has 1 aromatic heterocycles. The molecule has 1 aromatic carbocycles. The lowest BCUT2D eigenvalue weighted by Crippen LogP contribution is -2.29. The van der Waals surface area contributed by atoms with Crippen molar-refractivity contribution in [3.05, 3.63) is 24.4 Å². The Morgan fingerprint density at radius 3 is 2.75 bits per heavy atom. The number of fused-ring (bicyclic) bond motifs is 1. The summed E-state index contributed by atoms with van der Waals surface area (Å²) in [6, 6.07) is 6.49. The van der Waals surface area contributed by atoms with E-state index in [0.29, 0.717) is 0 Å². The predicted molar refractivity (Wildman–Crippen MR) is 66.8 cm³/mol. The summed E-state index contributed by atoms with van der Waals surface area (Å²) in [6.07, 6.45) is 5.99. The Hall–Kier alpha value is -1.51. The lowest BCUT2D eigenvalue weighted by atomic mass is 10.1. The minimum atomic E-state index is 1.19. The highest BCUT2D eigenvalue weighted by molar-refractivity contribution is 5.91. The van der Waals surface area contributed by atoms with Crippen molar-refractivity contribution in [1.29, 1.82) is 0 Å². The molecule has 3 rings (SSSR count). The Labute approximate surface area is 95.7 Å². The molecular weight excluding hydrogens is 198 g/mol. The number of rotatable bonds is 1. The number of anilines is 1. The first kappa shape index (κ1) is 9.70. The molecule has 0 amide bonds. The zero-order valence-corrected chi connectivity index (χ0v) is 9.69. The highest BCUT2D eigenvalue weighted by atomic mass is 15.3. The summed E-state index contributed by atoms with van der Waals surface area (Å²) in [5.74, 6) is 0. The van der Waals surface area contributed by atoms with Gasteiger partial charge in [0.05, 0.1) is 11.7 Å². The molecule has 0 aliphatic carbocycles. The van der Waals surface area contributed by atoms with Crippen molar-refractivity contribution in [3.63, 3.8) is 0 Å². The summed E-state index contributed by atoms with van der Waals surface area (Å²) in [5, 5.41) is 5.63. The van der Waals surface area contributed by atoms with Crippen LogP contribution in [0.3, 0.4) is 0 Å². The molecule has 3 heteroatoms. The molecule has 1 fully saturated rings. The van der Waals surface area contributed by atoms with E-state index in [1.165, 1.54) is 48.9 Å². The van der Waals surface area contributed by atoms with Crippen LogP contribution >= 0.6 is 0 Å². The number of aryl methyl sites for hydroxylation is 1. The molecule has 0 saturated carbocycles. The van der Waals surface area contributed by atoms with Crippen LogP contribution < -0.4 is 4.90 Å². The first-order chi connectivity index (χ1) is 7.86. The zero-order valence-electron chi connectivity index (χ0n) is 9.69. The summed E-state index contributed by atoms with van der Waals surface area (Å²) in [4.78, 5) is 2.49. The molecule has 2 heterocycles. The molecule has 1 aliphatic heterocycles. The quantitative estimate of drug-likeness (QED) is 0.729. The highest BCUT2D eigenvalue weighted by Crippen LogP contribution is 2.28. The topological polar surface area (TPSA) is 21.1 Å². The van der Waals surface area contributed by atoms with Crippen LogP contribution in [-0.4, -0.2) is 22.9 Å². The van der Waals surface area contributed by atoms with E-state index in [-0.39, 0.29) is 0 Å². The van der Waals surface area contributed by atoms with Gasteiger partial charge >= 0.3 is 0 Å². The van der Waals surface area contributed by atoms with E-state index in [1.54, 1.807) is 0 Å². The van der Waals surface area contributed by atoms with Crippen LogP contribution in [0.15, 0.2) is 24.4 Å². The van der Waals surface area contributed by atoms with Gasteiger partial charge in [-0.25, -0.2) is 0 Å². The van der Waals surface area contributed by atoms with Gasteiger partial charge in [-0.1, -0.05) is 6.07 Å². The third kappa shape index (κ3) is 1.47. The lowest BCUT2D eigenvalue weighted by Gasteiger charge is -2.29. The fourth-order valence-electron chi connectivity index (χ4n) is 2.57. The molecule has 0 N–H and O–H groups in total. The first-order valence-corrected chi connectivity index (χ1v) is 6.02. The molecule has 1 saturated heterocycles. The molecule has 0 unspecified atom stereocenters. The average Bonchev–Trinajstić information content (AvgIpc) is 2.73. The maximum Gasteiger partial charge on any atom is 0.0700 e. The van der Waals surface area contributed by atoms with Crippen LogP contribution in [0.25, 0.3) is 10.9 Å². The summed E-state index contributed by atoms with van der Waals surface area (Å²) in [7, 11) is 2.00. The Balaban J connectivity index is 2.08. The highest BCUT2D eigenvalue weighted by Gasteiger charge is 2.14. The van der Waals surface area contributed by atoms with Gasteiger partial charge in [-0.05, 0) is 31.4 Å². The fourth-order valence-corrected chi connectivity index (χ4v) is 2.57. The normalized spacial score (nSPS) is 16.9. The van der Waals surface area contributed by atoms with Crippen molar-refractivity contribution in [1.82, 2.24) is 9.78 Å². The standard InChI is InChI=1S/C13H17N3/c1-15-12-6-5-7-13(11(12)10-14-15)16-8-3-2-4-9-16/h5-7,10H,2-4,8-9H2,1H3. The number of benzene rings is 1. The van der Waals surface area contributed by atoms with Crippen molar-refractivity contribution >= 4 is 16.6 Å². The third-order valence-corrected chi connectivity index (χ3v) is 3.47.